The number of nitrogens with one attached hydrogen (secondary N) is 5. The van der Waals surface area contributed by atoms with Crippen molar-refractivity contribution in [1.29, 1.82) is 0 Å². The Morgan fingerprint density at radius 3 is 1.72 bits per heavy atom. The van der Waals surface area contributed by atoms with Crippen LogP contribution in [-0.4, -0.2) is 102 Å². The number of amides is 5. The molecule has 0 rings (SSSR count). The van der Waals surface area contributed by atoms with Crippen molar-refractivity contribution in [2.75, 3.05) is 39.4 Å². The highest BCUT2D eigenvalue weighted by Gasteiger charge is 2.26. The largest absolute Gasteiger partial charge is 0.480 e. The van der Waals surface area contributed by atoms with Gasteiger partial charge in [0, 0.05) is 0 Å². The molecule has 0 bridgehead atoms. The number of hydrogen-bond donors (Lipinski definition) is 9. The Hall–Kier alpha value is -3.30. The van der Waals surface area contributed by atoms with Gasteiger partial charge in [-0.15, -0.1) is 0 Å². The number of aliphatic hydroxyl groups is 2. The van der Waals surface area contributed by atoms with Crippen LogP contribution in [0.25, 0.3) is 0 Å². The maximum Gasteiger partial charge on any atom is 0.322 e. The summed E-state index contributed by atoms with van der Waals surface area (Å²) in [6.07, 6.45) is 0. The molecule has 0 radical (unpaired) electrons. The number of carbonyl (C=O) groups excluding carboxylic acids is 5. The third kappa shape index (κ3) is 11.2. The monoisotopic (exact) mass is 420 g/mol. The molecule has 0 aromatic carbocycles. The van der Waals surface area contributed by atoms with Gasteiger partial charge in [0.1, 0.15) is 18.6 Å². The Labute approximate surface area is 164 Å². The smallest absolute Gasteiger partial charge is 0.322 e. The van der Waals surface area contributed by atoms with Crippen LogP contribution in [0.5, 0.6) is 0 Å². The number of hydrogen-bond acceptors (Lipinski definition) is 9. The first-order valence-corrected chi connectivity index (χ1v) is 8.19. The van der Waals surface area contributed by atoms with Crippen molar-refractivity contribution in [1.82, 2.24) is 26.6 Å². The molecule has 2 unspecified atom stereocenters. The molecule has 0 heterocycles. The summed E-state index contributed by atoms with van der Waals surface area (Å²) in [7, 11) is 0. The molecule has 0 aromatic heterocycles. The van der Waals surface area contributed by atoms with Gasteiger partial charge in [0.05, 0.1) is 32.8 Å². The fourth-order valence-electron chi connectivity index (χ4n) is 1.68. The van der Waals surface area contributed by atoms with Gasteiger partial charge in [-0.25, -0.2) is 0 Å². The van der Waals surface area contributed by atoms with Crippen molar-refractivity contribution in [2.24, 2.45) is 5.73 Å². The predicted molar refractivity (Wildman–Crippen MR) is 93.8 cm³/mol. The van der Waals surface area contributed by atoms with Gasteiger partial charge in [0.25, 0.3) is 0 Å². The number of carboxylic acids is 1. The zero-order chi connectivity index (χ0) is 22.4. The molecule has 0 fully saturated rings. The molecule has 0 aliphatic heterocycles. The SMILES string of the molecule is NCC(=O)NCC(=O)NCC(=O)NC(CO)C(=O)NC(CO)C(=O)NCC(=O)O. The number of rotatable bonds is 13. The predicted octanol–water partition coefficient (Wildman–Crippen LogP) is -6.67. The summed E-state index contributed by atoms with van der Waals surface area (Å²) in [4.78, 5) is 68.2. The highest BCUT2D eigenvalue weighted by Crippen LogP contribution is 1.89. The first kappa shape index (κ1) is 25.7. The van der Waals surface area contributed by atoms with Crippen molar-refractivity contribution < 1.29 is 44.1 Å². The Kier molecular flexibility index (Phi) is 12.2. The van der Waals surface area contributed by atoms with Gasteiger partial charge in [0.15, 0.2) is 0 Å². The first-order chi connectivity index (χ1) is 13.6. The number of aliphatic hydroxyl groups excluding tert-OH is 2. The second-order valence-corrected chi connectivity index (χ2v) is 5.42. The van der Waals surface area contributed by atoms with E-state index in [1.807, 2.05) is 10.6 Å². The summed E-state index contributed by atoms with van der Waals surface area (Å²) in [6.45, 7) is -3.79. The zero-order valence-electron chi connectivity index (χ0n) is 15.3. The van der Waals surface area contributed by atoms with E-state index in [0.717, 1.165) is 0 Å². The average molecular weight is 420 g/mol. The molecule has 0 saturated heterocycles. The van der Waals surface area contributed by atoms with Crippen LogP contribution in [0, 0.1) is 0 Å². The van der Waals surface area contributed by atoms with Gasteiger partial charge in [-0.3, -0.25) is 28.8 Å². The molecule has 164 valence electrons. The highest BCUT2D eigenvalue weighted by molar-refractivity contribution is 5.94. The standard InChI is InChI=1S/C14H24N6O9/c15-1-9(23)16-2-10(24)17-3-11(25)19-8(6-22)14(29)20-7(5-21)13(28)18-4-12(26)27/h7-8,21-22H,1-6,15H2,(H,16,23)(H,17,24)(H,18,28)(H,19,25)(H,20,29)(H,26,27). The lowest BCUT2D eigenvalue weighted by atomic mass is 10.2. The van der Waals surface area contributed by atoms with Gasteiger partial charge in [-0.2, -0.15) is 0 Å². The van der Waals surface area contributed by atoms with Crippen LogP contribution in [0.2, 0.25) is 0 Å². The van der Waals surface area contributed by atoms with Gasteiger partial charge < -0.3 is 47.6 Å². The van der Waals surface area contributed by atoms with E-state index in [-0.39, 0.29) is 6.54 Å². The van der Waals surface area contributed by atoms with Crippen LogP contribution < -0.4 is 32.3 Å². The van der Waals surface area contributed by atoms with Crippen molar-refractivity contribution in [2.45, 2.75) is 12.1 Å². The minimum Gasteiger partial charge on any atom is -0.480 e. The van der Waals surface area contributed by atoms with Gasteiger partial charge in [0.2, 0.25) is 29.5 Å². The Bertz CT molecular complexity index is 627. The third-order valence-corrected chi connectivity index (χ3v) is 3.14. The number of carbonyl (C=O) groups is 6. The van der Waals surface area contributed by atoms with E-state index in [0.29, 0.717) is 0 Å². The molecule has 0 aliphatic rings. The van der Waals surface area contributed by atoms with Crippen molar-refractivity contribution >= 4 is 35.5 Å². The van der Waals surface area contributed by atoms with Crippen LogP contribution in [0.4, 0.5) is 0 Å². The van der Waals surface area contributed by atoms with Crippen molar-refractivity contribution in [3.8, 4) is 0 Å². The fourth-order valence-corrected chi connectivity index (χ4v) is 1.68. The molecule has 15 nitrogen and oxygen atoms in total. The van der Waals surface area contributed by atoms with E-state index >= 15 is 0 Å². The summed E-state index contributed by atoms with van der Waals surface area (Å²) >= 11 is 0. The second kappa shape index (κ2) is 13.8. The number of carboxylic acid groups (broad SMARTS) is 1. The molecule has 15 heteroatoms. The van der Waals surface area contributed by atoms with Gasteiger partial charge in [-0.05, 0) is 0 Å². The Morgan fingerprint density at radius 1 is 0.690 bits per heavy atom. The maximum absolute atomic E-state index is 12.0. The third-order valence-electron chi connectivity index (χ3n) is 3.14. The highest BCUT2D eigenvalue weighted by atomic mass is 16.4. The van der Waals surface area contributed by atoms with E-state index in [1.54, 1.807) is 0 Å². The van der Waals surface area contributed by atoms with E-state index in [4.69, 9.17) is 15.9 Å². The van der Waals surface area contributed by atoms with Crippen LogP contribution in [0.3, 0.4) is 0 Å². The quantitative estimate of drug-likeness (QED) is 0.136. The average Bonchev–Trinajstić information content (AvgIpc) is 2.70. The molecular formula is C14H24N6O9. The molecule has 0 aliphatic carbocycles. The van der Waals surface area contributed by atoms with E-state index in [2.05, 4.69) is 16.0 Å². The minimum atomic E-state index is -1.52. The molecule has 0 aromatic rings. The molecule has 2 atom stereocenters. The number of nitrogens with two attached hydrogens (primary N) is 1. The molecular weight excluding hydrogens is 396 g/mol. The summed E-state index contributed by atoms with van der Waals surface area (Å²) in [5.74, 6) is -5.51. The maximum atomic E-state index is 12.0. The normalized spacial score (nSPS) is 12.1. The van der Waals surface area contributed by atoms with E-state index in [9.17, 15) is 33.9 Å². The second-order valence-electron chi connectivity index (χ2n) is 5.42. The fraction of sp³-hybridized carbons (Fsp3) is 0.571. The summed E-state index contributed by atoms with van der Waals surface area (Å²) < 4.78 is 0. The zero-order valence-corrected chi connectivity index (χ0v) is 15.3. The van der Waals surface area contributed by atoms with Crippen LogP contribution in [-0.2, 0) is 28.8 Å². The molecule has 5 amide bonds. The molecule has 0 saturated carbocycles. The van der Waals surface area contributed by atoms with Gasteiger partial charge in [-0.1, -0.05) is 0 Å². The lowest BCUT2D eigenvalue weighted by Gasteiger charge is -2.20. The molecule has 10 N–H and O–H groups in total. The van der Waals surface area contributed by atoms with E-state index < -0.39 is 80.4 Å². The molecule has 29 heavy (non-hydrogen) atoms. The van der Waals surface area contributed by atoms with Crippen molar-refractivity contribution in [3.63, 3.8) is 0 Å². The van der Waals surface area contributed by atoms with Crippen molar-refractivity contribution in [3.05, 3.63) is 0 Å². The Balaban J connectivity index is 4.52. The minimum absolute atomic E-state index is 0.315. The Morgan fingerprint density at radius 2 is 1.21 bits per heavy atom. The lowest BCUT2D eigenvalue weighted by Crippen LogP contribution is -2.57. The molecule has 0 spiro atoms. The van der Waals surface area contributed by atoms with Gasteiger partial charge >= 0.3 is 5.97 Å². The van der Waals surface area contributed by atoms with Crippen LogP contribution >= 0.6 is 0 Å². The van der Waals surface area contributed by atoms with Crippen LogP contribution in [0.1, 0.15) is 0 Å². The number of aliphatic carboxylic acids is 1. The summed E-state index contributed by atoms with van der Waals surface area (Å²) in [5.41, 5.74) is 5.04. The summed E-state index contributed by atoms with van der Waals surface area (Å²) in [6, 6.07) is -3.03. The first-order valence-electron chi connectivity index (χ1n) is 8.19. The lowest BCUT2D eigenvalue weighted by molar-refractivity contribution is -0.139. The van der Waals surface area contributed by atoms with E-state index in [1.165, 1.54) is 0 Å². The topological polar surface area (TPSA) is 249 Å². The summed E-state index contributed by atoms with van der Waals surface area (Å²) in [5, 5.41) is 37.2. The van der Waals surface area contributed by atoms with Crippen LogP contribution in [0.15, 0.2) is 0 Å².